The lowest BCUT2D eigenvalue weighted by Crippen LogP contribution is -2.19. The first-order chi connectivity index (χ1) is 12.4. The minimum atomic E-state index is -1.01. The van der Waals surface area contributed by atoms with Crippen molar-refractivity contribution in [1.29, 1.82) is 0 Å². The van der Waals surface area contributed by atoms with Gasteiger partial charge in [0.05, 0.1) is 6.61 Å². The summed E-state index contributed by atoms with van der Waals surface area (Å²) >= 11 is 0. The van der Waals surface area contributed by atoms with Crippen molar-refractivity contribution in [3.05, 3.63) is 64.7 Å². The molecule has 0 bridgehead atoms. The Morgan fingerprint density at radius 2 is 1.54 bits per heavy atom. The van der Waals surface area contributed by atoms with Crippen LogP contribution in [0.4, 0.5) is 17.6 Å². The summed E-state index contributed by atoms with van der Waals surface area (Å²) in [7, 11) is 0. The lowest BCUT2D eigenvalue weighted by Gasteiger charge is -2.26. The smallest absolute Gasteiger partial charge is 0.200 e. The Morgan fingerprint density at radius 1 is 0.846 bits per heavy atom. The van der Waals surface area contributed by atoms with E-state index in [1.807, 2.05) is 0 Å². The summed E-state index contributed by atoms with van der Waals surface area (Å²) in [5, 5.41) is 0. The zero-order chi connectivity index (χ0) is 18.7. The van der Waals surface area contributed by atoms with Gasteiger partial charge in [-0.1, -0.05) is 25.8 Å². The minimum absolute atomic E-state index is 0.124. The topological polar surface area (TPSA) is 9.23 Å². The molecule has 1 fully saturated rings. The first-order valence-electron chi connectivity index (χ1n) is 8.97. The van der Waals surface area contributed by atoms with Gasteiger partial charge < -0.3 is 4.74 Å². The molecule has 0 spiro atoms. The Labute approximate surface area is 151 Å². The summed E-state index contributed by atoms with van der Waals surface area (Å²) in [5.74, 6) is -2.98. The van der Waals surface area contributed by atoms with Crippen molar-refractivity contribution >= 4 is 0 Å². The van der Waals surface area contributed by atoms with Crippen molar-refractivity contribution in [2.45, 2.75) is 39.0 Å². The monoisotopic (exact) mass is 366 g/mol. The van der Waals surface area contributed by atoms with Crippen LogP contribution in [0.5, 0.6) is 5.75 Å². The van der Waals surface area contributed by atoms with Crippen LogP contribution in [-0.2, 0) is 6.42 Å². The second kappa shape index (κ2) is 8.11. The van der Waals surface area contributed by atoms with Crippen molar-refractivity contribution in [3.8, 4) is 5.75 Å². The van der Waals surface area contributed by atoms with Gasteiger partial charge in [-0.25, -0.2) is 13.2 Å². The summed E-state index contributed by atoms with van der Waals surface area (Å²) < 4.78 is 59.9. The highest BCUT2D eigenvalue weighted by atomic mass is 19.2. The molecule has 1 aliphatic carbocycles. The SMILES string of the molecule is CC1CCC(COc2cc(Cc3ccc(F)c(F)c3)cc(F)c2F)CC1. The lowest BCUT2D eigenvalue weighted by molar-refractivity contribution is 0.182. The largest absolute Gasteiger partial charge is 0.490 e. The van der Waals surface area contributed by atoms with E-state index < -0.39 is 23.3 Å². The van der Waals surface area contributed by atoms with Crippen LogP contribution in [0, 0.1) is 35.1 Å². The predicted molar refractivity (Wildman–Crippen MR) is 92.1 cm³/mol. The number of hydrogen-bond acceptors (Lipinski definition) is 1. The van der Waals surface area contributed by atoms with Crippen molar-refractivity contribution in [3.63, 3.8) is 0 Å². The molecule has 5 heteroatoms. The standard InChI is InChI=1S/C21H22F4O/c1-13-2-4-14(5-3-13)12-26-20-11-16(10-19(24)21(20)25)8-15-6-7-17(22)18(23)9-15/h6-7,9-11,13-14H,2-5,8,12H2,1H3. The zero-order valence-electron chi connectivity index (χ0n) is 14.7. The molecule has 2 aromatic rings. The number of rotatable bonds is 5. The first kappa shape index (κ1) is 18.7. The second-order valence-corrected chi connectivity index (χ2v) is 7.25. The Morgan fingerprint density at radius 3 is 2.23 bits per heavy atom. The van der Waals surface area contributed by atoms with E-state index in [1.165, 1.54) is 12.1 Å². The van der Waals surface area contributed by atoms with Gasteiger partial charge >= 0.3 is 0 Å². The van der Waals surface area contributed by atoms with E-state index in [4.69, 9.17) is 4.74 Å². The third-order valence-electron chi connectivity index (χ3n) is 5.06. The van der Waals surface area contributed by atoms with Crippen LogP contribution in [0.25, 0.3) is 0 Å². The highest BCUT2D eigenvalue weighted by Gasteiger charge is 2.20. The highest BCUT2D eigenvalue weighted by molar-refractivity contribution is 5.35. The van der Waals surface area contributed by atoms with Gasteiger partial charge in [0.2, 0.25) is 5.82 Å². The van der Waals surface area contributed by atoms with Crippen LogP contribution in [0.2, 0.25) is 0 Å². The van der Waals surface area contributed by atoms with Gasteiger partial charge in [0.25, 0.3) is 0 Å². The van der Waals surface area contributed by atoms with Gasteiger partial charge in [0.1, 0.15) is 0 Å². The maximum Gasteiger partial charge on any atom is 0.200 e. The molecule has 0 aliphatic heterocycles. The van der Waals surface area contributed by atoms with Crippen molar-refractivity contribution < 1.29 is 22.3 Å². The van der Waals surface area contributed by atoms with Crippen LogP contribution in [-0.4, -0.2) is 6.61 Å². The van der Waals surface area contributed by atoms with Crippen LogP contribution >= 0.6 is 0 Å². The fourth-order valence-corrected chi connectivity index (χ4v) is 3.41. The number of hydrogen-bond donors (Lipinski definition) is 0. The quantitative estimate of drug-likeness (QED) is 0.586. The highest BCUT2D eigenvalue weighted by Crippen LogP contribution is 2.30. The van der Waals surface area contributed by atoms with Gasteiger partial charge in [-0.15, -0.1) is 0 Å². The van der Waals surface area contributed by atoms with E-state index in [1.54, 1.807) is 0 Å². The average molecular weight is 366 g/mol. The Balaban J connectivity index is 1.71. The number of halogens is 4. The fraction of sp³-hybridized carbons (Fsp3) is 0.429. The van der Waals surface area contributed by atoms with E-state index >= 15 is 0 Å². The summed E-state index contributed by atoms with van der Waals surface area (Å²) in [5.41, 5.74) is 0.921. The molecular weight excluding hydrogens is 344 g/mol. The molecule has 0 heterocycles. The van der Waals surface area contributed by atoms with Crippen LogP contribution in [0.3, 0.4) is 0 Å². The van der Waals surface area contributed by atoms with Gasteiger partial charge in [0.15, 0.2) is 23.2 Å². The lowest BCUT2D eigenvalue weighted by atomic mass is 9.83. The van der Waals surface area contributed by atoms with Crippen molar-refractivity contribution in [1.82, 2.24) is 0 Å². The number of ether oxygens (including phenoxy) is 1. The Bertz CT molecular complexity index is 767. The van der Waals surface area contributed by atoms with E-state index in [0.29, 0.717) is 29.6 Å². The normalized spacial score (nSPS) is 20.2. The van der Waals surface area contributed by atoms with Crippen LogP contribution in [0.1, 0.15) is 43.7 Å². The summed E-state index contributed by atoms with van der Waals surface area (Å²) in [6, 6.07) is 5.99. The van der Waals surface area contributed by atoms with Crippen molar-refractivity contribution in [2.75, 3.05) is 6.61 Å². The Hall–Kier alpha value is -2.04. The molecule has 0 aromatic heterocycles. The average Bonchev–Trinajstić information content (AvgIpc) is 2.61. The zero-order valence-corrected chi connectivity index (χ0v) is 14.7. The van der Waals surface area contributed by atoms with Gasteiger partial charge in [0, 0.05) is 0 Å². The number of benzene rings is 2. The summed E-state index contributed by atoms with van der Waals surface area (Å²) in [6.07, 6.45) is 4.47. The van der Waals surface area contributed by atoms with E-state index in [2.05, 4.69) is 6.92 Å². The molecule has 0 amide bonds. The molecule has 0 N–H and O–H groups in total. The van der Waals surface area contributed by atoms with Gasteiger partial charge in [-0.2, -0.15) is 4.39 Å². The molecule has 0 saturated heterocycles. The predicted octanol–water partition coefficient (Wildman–Crippen LogP) is 6.04. The Kier molecular flexibility index (Phi) is 5.84. The molecule has 1 saturated carbocycles. The molecular formula is C21H22F4O. The minimum Gasteiger partial charge on any atom is -0.490 e. The van der Waals surface area contributed by atoms with E-state index in [-0.39, 0.29) is 12.2 Å². The molecule has 0 unspecified atom stereocenters. The molecule has 140 valence electrons. The summed E-state index contributed by atoms with van der Waals surface area (Å²) in [4.78, 5) is 0. The molecule has 1 nitrogen and oxygen atoms in total. The molecule has 0 atom stereocenters. The second-order valence-electron chi connectivity index (χ2n) is 7.25. The van der Waals surface area contributed by atoms with Crippen LogP contribution in [0.15, 0.2) is 30.3 Å². The third-order valence-corrected chi connectivity index (χ3v) is 5.06. The van der Waals surface area contributed by atoms with Crippen LogP contribution < -0.4 is 4.74 Å². The van der Waals surface area contributed by atoms with E-state index in [0.717, 1.165) is 43.9 Å². The summed E-state index contributed by atoms with van der Waals surface area (Å²) in [6.45, 7) is 2.57. The maximum absolute atomic E-state index is 14.0. The van der Waals surface area contributed by atoms with E-state index in [9.17, 15) is 17.6 Å². The van der Waals surface area contributed by atoms with Gasteiger partial charge in [-0.3, -0.25) is 0 Å². The molecule has 26 heavy (non-hydrogen) atoms. The van der Waals surface area contributed by atoms with Gasteiger partial charge in [-0.05, 0) is 66.5 Å². The molecule has 1 aliphatic rings. The molecule has 0 radical (unpaired) electrons. The first-order valence-corrected chi connectivity index (χ1v) is 8.97. The third kappa shape index (κ3) is 4.57. The molecule has 2 aromatic carbocycles. The van der Waals surface area contributed by atoms with Crippen molar-refractivity contribution in [2.24, 2.45) is 11.8 Å². The fourth-order valence-electron chi connectivity index (χ4n) is 3.41. The maximum atomic E-state index is 14.0. The molecule has 3 rings (SSSR count).